The lowest BCUT2D eigenvalue weighted by Gasteiger charge is -2.14. The van der Waals surface area contributed by atoms with Crippen molar-refractivity contribution in [2.45, 2.75) is 4.90 Å². The van der Waals surface area contributed by atoms with Crippen LogP contribution in [0.5, 0.6) is 11.5 Å². The van der Waals surface area contributed by atoms with E-state index < -0.39 is 32.6 Å². The lowest BCUT2D eigenvalue weighted by Crippen LogP contribution is -2.25. The SMILES string of the molecule is C=CCNS(=O)(=O)c1cc(C(=O)Nc2cc(OC)c(OC)cc2C(N)=O)ccc1F. The minimum Gasteiger partial charge on any atom is -0.493 e. The van der Waals surface area contributed by atoms with Crippen LogP contribution >= 0.6 is 0 Å². The number of amides is 2. The third-order valence-electron chi connectivity index (χ3n) is 3.94. The quantitative estimate of drug-likeness (QED) is 0.510. The summed E-state index contributed by atoms with van der Waals surface area (Å²) in [7, 11) is -1.49. The molecule has 0 spiro atoms. The highest BCUT2D eigenvalue weighted by atomic mass is 32.2. The van der Waals surface area contributed by atoms with Gasteiger partial charge in [-0.1, -0.05) is 6.08 Å². The molecular formula is C19H20FN3O6S. The Morgan fingerprint density at radius 2 is 1.80 bits per heavy atom. The molecule has 0 unspecified atom stereocenters. The van der Waals surface area contributed by atoms with Gasteiger partial charge in [-0.25, -0.2) is 17.5 Å². The second-order valence-electron chi connectivity index (χ2n) is 5.86. The molecule has 2 amide bonds. The predicted octanol–water partition coefficient (Wildman–Crippen LogP) is 1.66. The van der Waals surface area contributed by atoms with Crippen molar-refractivity contribution in [3.05, 3.63) is 59.9 Å². The Morgan fingerprint density at radius 3 is 2.37 bits per heavy atom. The summed E-state index contributed by atoms with van der Waals surface area (Å²) in [5.41, 5.74) is 5.13. The van der Waals surface area contributed by atoms with Gasteiger partial charge in [0.15, 0.2) is 11.5 Å². The molecule has 11 heteroatoms. The summed E-state index contributed by atoms with van der Waals surface area (Å²) in [6.45, 7) is 3.26. The van der Waals surface area contributed by atoms with E-state index in [9.17, 15) is 22.4 Å². The van der Waals surface area contributed by atoms with Gasteiger partial charge in [0.05, 0.1) is 25.5 Å². The number of nitrogens with two attached hydrogens (primary N) is 1. The van der Waals surface area contributed by atoms with Gasteiger partial charge in [0.25, 0.3) is 11.8 Å². The van der Waals surface area contributed by atoms with Crippen molar-refractivity contribution >= 4 is 27.5 Å². The second kappa shape index (κ2) is 9.37. The Bertz CT molecular complexity index is 1100. The van der Waals surface area contributed by atoms with Gasteiger partial charge < -0.3 is 20.5 Å². The number of rotatable bonds is 9. The fourth-order valence-electron chi connectivity index (χ4n) is 2.48. The molecule has 2 aromatic rings. The Morgan fingerprint density at radius 1 is 1.17 bits per heavy atom. The Kier molecular flexibility index (Phi) is 7.14. The third kappa shape index (κ3) is 4.93. The molecule has 4 N–H and O–H groups in total. The zero-order valence-corrected chi connectivity index (χ0v) is 17.0. The van der Waals surface area contributed by atoms with Gasteiger partial charge in [0.1, 0.15) is 10.7 Å². The topological polar surface area (TPSA) is 137 Å². The van der Waals surface area contributed by atoms with Crippen molar-refractivity contribution < 1.29 is 31.9 Å². The maximum Gasteiger partial charge on any atom is 0.255 e. The van der Waals surface area contributed by atoms with Crippen molar-refractivity contribution in [2.24, 2.45) is 5.73 Å². The molecule has 9 nitrogen and oxygen atoms in total. The normalized spacial score (nSPS) is 10.9. The third-order valence-corrected chi connectivity index (χ3v) is 5.38. The number of hydrogen-bond donors (Lipinski definition) is 3. The average Bonchev–Trinajstić information content (AvgIpc) is 2.71. The van der Waals surface area contributed by atoms with Crippen LogP contribution in [-0.4, -0.2) is 41.0 Å². The molecule has 0 aromatic heterocycles. The second-order valence-corrected chi connectivity index (χ2v) is 7.59. The van der Waals surface area contributed by atoms with Crippen LogP contribution < -0.4 is 25.2 Å². The Hall–Kier alpha value is -3.44. The maximum absolute atomic E-state index is 14.1. The molecule has 160 valence electrons. The number of anilines is 1. The van der Waals surface area contributed by atoms with E-state index in [1.165, 1.54) is 32.4 Å². The molecule has 0 aliphatic heterocycles. The first-order valence-corrected chi connectivity index (χ1v) is 9.90. The van der Waals surface area contributed by atoms with Gasteiger partial charge in [0, 0.05) is 18.2 Å². The summed E-state index contributed by atoms with van der Waals surface area (Å²) in [5.74, 6) is -2.25. The van der Waals surface area contributed by atoms with E-state index in [2.05, 4.69) is 16.6 Å². The monoisotopic (exact) mass is 437 g/mol. The fourth-order valence-corrected chi connectivity index (χ4v) is 3.58. The maximum atomic E-state index is 14.1. The van der Waals surface area contributed by atoms with Crippen LogP contribution in [-0.2, 0) is 10.0 Å². The molecule has 0 atom stereocenters. The minimum atomic E-state index is -4.21. The van der Waals surface area contributed by atoms with E-state index in [4.69, 9.17) is 15.2 Å². The number of halogens is 1. The van der Waals surface area contributed by atoms with E-state index in [0.29, 0.717) is 0 Å². The number of carbonyl (C=O) groups excluding carboxylic acids is 2. The summed E-state index contributed by atoms with van der Waals surface area (Å²) < 4.78 is 50.9. The van der Waals surface area contributed by atoms with Crippen molar-refractivity contribution in [1.29, 1.82) is 0 Å². The van der Waals surface area contributed by atoms with Crippen LogP contribution in [0.3, 0.4) is 0 Å². The molecule has 0 fully saturated rings. The first-order chi connectivity index (χ1) is 14.1. The standard InChI is InChI=1S/C19H20FN3O6S/c1-4-7-22-30(26,27)17-8-11(5-6-13(17)20)19(25)23-14-10-16(29-3)15(28-2)9-12(14)18(21)24/h4-6,8-10,22H,1,7H2,2-3H3,(H2,21,24)(H,23,25). The zero-order chi connectivity index (χ0) is 22.5. The molecule has 0 bridgehead atoms. The van der Waals surface area contributed by atoms with E-state index >= 15 is 0 Å². The molecule has 0 saturated heterocycles. The minimum absolute atomic E-state index is 0.00339. The van der Waals surface area contributed by atoms with Crippen LogP contribution in [0.1, 0.15) is 20.7 Å². The number of ether oxygens (including phenoxy) is 2. The fraction of sp³-hybridized carbons (Fsp3) is 0.158. The number of methoxy groups -OCH3 is 2. The molecule has 0 saturated carbocycles. The Labute approximate surface area is 172 Å². The van der Waals surface area contributed by atoms with Crippen LogP contribution in [0.2, 0.25) is 0 Å². The smallest absolute Gasteiger partial charge is 0.255 e. The van der Waals surface area contributed by atoms with Crippen molar-refractivity contribution in [3.8, 4) is 11.5 Å². The number of benzene rings is 2. The molecule has 2 aromatic carbocycles. The highest BCUT2D eigenvalue weighted by Gasteiger charge is 2.22. The predicted molar refractivity (Wildman–Crippen MR) is 108 cm³/mol. The number of sulfonamides is 1. The molecular weight excluding hydrogens is 417 g/mol. The van der Waals surface area contributed by atoms with E-state index in [1.807, 2.05) is 0 Å². The molecule has 0 radical (unpaired) electrons. The van der Waals surface area contributed by atoms with E-state index in [-0.39, 0.29) is 34.9 Å². The summed E-state index contributed by atoms with van der Waals surface area (Å²) >= 11 is 0. The van der Waals surface area contributed by atoms with E-state index in [1.54, 1.807) is 0 Å². The van der Waals surface area contributed by atoms with Gasteiger partial charge in [-0.05, 0) is 24.3 Å². The lowest BCUT2D eigenvalue weighted by molar-refractivity contribution is 0.100. The van der Waals surface area contributed by atoms with Crippen LogP contribution in [0.15, 0.2) is 47.9 Å². The number of carbonyl (C=O) groups is 2. The lowest BCUT2D eigenvalue weighted by atomic mass is 10.1. The van der Waals surface area contributed by atoms with Crippen molar-refractivity contribution in [1.82, 2.24) is 4.72 Å². The van der Waals surface area contributed by atoms with Gasteiger partial charge in [-0.2, -0.15) is 0 Å². The molecule has 0 aliphatic carbocycles. The molecule has 30 heavy (non-hydrogen) atoms. The summed E-state index contributed by atoms with van der Waals surface area (Å²) in [6, 6.07) is 5.43. The highest BCUT2D eigenvalue weighted by molar-refractivity contribution is 7.89. The highest BCUT2D eigenvalue weighted by Crippen LogP contribution is 2.33. The van der Waals surface area contributed by atoms with Crippen LogP contribution in [0, 0.1) is 5.82 Å². The van der Waals surface area contributed by atoms with Crippen molar-refractivity contribution in [2.75, 3.05) is 26.1 Å². The van der Waals surface area contributed by atoms with Gasteiger partial charge in [0.2, 0.25) is 10.0 Å². The van der Waals surface area contributed by atoms with Gasteiger partial charge >= 0.3 is 0 Å². The Balaban J connectivity index is 2.45. The summed E-state index contributed by atoms with van der Waals surface area (Å²) in [4.78, 5) is 23.7. The largest absolute Gasteiger partial charge is 0.493 e. The van der Waals surface area contributed by atoms with Gasteiger partial charge in [-0.15, -0.1) is 6.58 Å². The number of primary amides is 1. The van der Waals surface area contributed by atoms with Gasteiger partial charge in [-0.3, -0.25) is 9.59 Å². The molecule has 0 heterocycles. The first-order valence-electron chi connectivity index (χ1n) is 8.42. The molecule has 0 aliphatic rings. The van der Waals surface area contributed by atoms with Crippen molar-refractivity contribution in [3.63, 3.8) is 0 Å². The molecule has 2 rings (SSSR count). The average molecular weight is 437 g/mol. The summed E-state index contributed by atoms with van der Waals surface area (Å²) in [5, 5.41) is 2.45. The summed E-state index contributed by atoms with van der Waals surface area (Å²) in [6.07, 6.45) is 1.29. The zero-order valence-electron chi connectivity index (χ0n) is 16.2. The number of hydrogen-bond acceptors (Lipinski definition) is 6. The van der Waals surface area contributed by atoms with Crippen LogP contribution in [0.25, 0.3) is 0 Å². The van der Waals surface area contributed by atoms with Crippen LogP contribution in [0.4, 0.5) is 10.1 Å². The number of nitrogens with one attached hydrogen (secondary N) is 2. The first kappa shape index (κ1) is 22.8. The van der Waals surface area contributed by atoms with E-state index in [0.717, 1.165) is 18.2 Å².